The van der Waals surface area contributed by atoms with E-state index in [0.717, 1.165) is 14.7 Å². The molecule has 4 rings (SSSR count). The van der Waals surface area contributed by atoms with Crippen molar-refractivity contribution >= 4 is 39.3 Å². The molecule has 168 valence electrons. The summed E-state index contributed by atoms with van der Waals surface area (Å²) in [5, 5.41) is 9.54. The van der Waals surface area contributed by atoms with Crippen LogP contribution in [0.3, 0.4) is 0 Å². The van der Waals surface area contributed by atoms with Crippen LogP contribution in [0.25, 0.3) is 0 Å². The zero-order chi connectivity index (χ0) is 22.9. The van der Waals surface area contributed by atoms with Crippen molar-refractivity contribution in [1.29, 1.82) is 0 Å². The number of hydrogen-bond donors (Lipinski definition) is 2. The molecule has 0 aliphatic carbocycles. The van der Waals surface area contributed by atoms with Gasteiger partial charge in [0.1, 0.15) is 10.8 Å². The summed E-state index contributed by atoms with van der Waals surface area (Å²) in [5.41, 5.74) is 1.48. The second-order valence-corrected chi connectivity index (χ2v) is 8.78. The molecule has 1 aliphatic rings. The molecule has 2 atom stereocenters. The molecule has 32 heavy (non-hydrogen) atoms. The van der Waals surface area contributed by atoms with Crippen LogP contribution < -0.4 is 10.6 Å². The minimum atomic E-state index is -4.55. The summed E-state index contributed by atoms with van der Waals surface area (Å²) in [5.74, 6) is -0.628. The van der Waals surface area contributed by atoms with E-state index < -0.39 is 24.2 Å². The maximum atomic E-state index is 13.9. The van der Waals surface area contributed by atoms with Gasteiger partial charge in [-0.2, -0.15) is 18.3 Å². The predicted octanol–water partition coefficient (Wildman–Crippen LogP) is 5.93. The number of carbonyl (C=O) groups is 1. The van der Waals surface area contributed by atoms with Crippen molar-refractivity contribution in [2.75, 3.05) is 11.9 Å². The topological polar surface area (TPSA) is 59.0 Å². The largest absolute Gasteiger partial charge is 0.410 e. The Labute approximate surface area is 196 Å². The molecular weight excluding hydrogens is 509 g/mol. The van der Waals surface area contributed by atoms with Gasteiger partial charge in [-0.25, -0.2) is 4.68 Å². The predicted molar refractivity (Wildman–Crippen MR) is 120 cm³/mol. The van der Waals surface area contributed by atoms with E-state index in [9.17, 15) is 18.0 Å². The molecular formula is C22H19BrClF3N4O. The van der Waals surface area contributed by atoms with Gasteiger partial charge >= 0.3 is 6.18 Å². The number of alkyl halides is 3. The monoisotopic (exact) mass is 526 g/mol. The fraction of sp³-hybridized carbons (Fsp3) is 0.273. The van der Waals surface area contributed by atoms with Gasteiger partial charge in [-0.15, -0.1) is 0 Å². The summed E-state index contributed by atoms with van der Waals surface area (Å²) in [7, 11) is 0. The number of rotatable bonds is 5. The van der Waals surface area contributed by atoms with Gasteiger partial charge in [-0.1, -0.05) is 70.0 Å². The van der Waals surface area contributed by atoms with Gasteiger partial charge in [0, 0.05) is 17.4 Å². The number of nitrogens with one attached hydrogen (secondary N) is 2. The normalized spacial score (nSPS) is 18.0. The Morgan fingerprint density at radius 1 is 1.19 bits per heavy atom. The highest BCUT2D eigenvalue weighted by Crippen LogP contribution is 2.46. The fourth-order valence-corrected chi connectivity index (χ4v) is 4.23. The van der Waals surface area contributed by atoms with Gasteiger partial charge in [0.05, 0.1) is 6.04 Å². The second kappa shape index (κ2) is 9.15. The zero-order valence-corrected chi connectivity index (χ0v) is 19.0. The van der Waals surface area contributed by atoms with Crippen molar-refractivity contribution in [3.8, 4) is 0 Å². The molecule has 2 N–H and O–H groups in total. The number of amides is 1. The first-order valence-electron chi connectivity index (χ1n) is 9.93. The molecule has 2 heterocycles. The number of halogens is 5. The average molecular weight is 528 g/mol. The third-order valence-electron chi connectivity index (χ3n) is 5.33. The highest BCUT2D eigenvalue weighted by atomic mass is 79.9. The van der Waals surface area contributed by atoms with E-state index in [2.05, 4.69) is 31.7 Å². The first-order valence-corrected chi connectivity index (χ1v) is 11.1. The highest BCUT2D eigenvalue weighted by Gasteiger charge is 2.47. The second-order valence-electron chi connectivity index (χ2n) is 7.49. The lowest BCUT2D eigenvalue weighted by Crippen LogP contribution is -2.36. The number of nitrogens with zero attached hydrogens (tertiary/aromatic N) is 2. The van der Waals surface area contributed by atoms with Crippen LogP contribution >= 0.6 is 27.5 Å². The van der Waals surface area contributed by atoms with E-state index in [1.807, 2.05) is 30.3 Å². The molecule has 1 amide bonds. The molecule has 5 nitrogen and oxygen atoms in total. The molecule has 0 bridgehead atoms. The van der Waals surface area contributed by atoms with Crippen LogP contribution in [-0.4, -0.2) is 28.4 Å². The van der Waals surface area contributed by atoms with Crippen LogP contribution in [-0.2, 0) is 6.42 Å². The van der Waals surface area contributed by atoms with Crippen molar-refractivity contribution < 1.29 is 18.0 Å². The van der Waals surface area contributed by atoms with Crippen LogP contribution in [0.5, 0.6) is 0 Å². The molecule has 0 spiro atoms. The van der Waals surface area contributed by atoms with E-state index in [4.69, 9.17) is 11.6 Å². The Morgan fingerprint density at radius 3 is 2.53 bits per heavy atom. The van der Waals surface area contributed by atoms with Crippen LogP contribution in [0.2, 0.25) is 5.02 Å². The molecule has 3 aromatic rings. The minimum Gasteiger partial charge on any atom is -0.362 e. The Hall–Kier alpha value is -2.52. The number of aromatic nitrogens is 2. The van der Waals surface area contributed by atoms with E-state index in [0.29, 0.717) is 18.5 Å². The lowest BCUT2D eigenvalue weighted by Gasteiger charge is -2.33. The number of hydrogen-bond acceptors (Lipinski definition) is 3. The lowest BCUT2D eigenvalue weighted by molar-refractivity contribution is -0.173. The molecule has 0 saturated heterocycles. The average Bonchev–Trinajstić information content (AvgIpc) is 3.10. The van der Waals surface area contributed by atoms with Gasteiger partial charge in [-0.05, 0) is 29.7 Å². The fourth-order valence-electron chi connectivity index (χ4n) is 3.70. The number of fused-ring (bicyclic) bond motifs is 1. The first kappa shape index (κ1) is 22.7. The standard InChI is InChI=1S/C22H19BrClF3N4O/c23-15-8-6-14(7-9-15)16-12-17(22(25,26)27)31-20(29-16)18(24)19(30-31)21(32)28-11-10-13-4-2-1-3-5-13/h1-9,16-17,29H,10-12H2,(H,28,32). The van der Waals surface area contributed by atoms with Crippen molar-refractivity contribution in [2.45, 2.75) is 31.1 Å². The number of benzene rings is 2. The van der Waals surface area contributed by atoms with Gasteiger partial charge in [-0.3, -0.25) is 4.79 Å². The summed E-state index contributed by atoms with van der Waals surface area (Å²) in [6, 6.07) is 14.0. The van der Waals surface area contributed by atoms with Crippen LogP contribution in [0, 0.1) is 0 Å². The third kappa shape index (κ3) is 4.78. The van der Waals surface area contributed by atoms with Crippen molar-refractivity contribution in [1.82, 2.24) is 15.1 Å². The Morgan fingerprint density at radius 2 is 1.88 bits per heavy atom. The maximum absolute atomic E-state index is 13.9. The van der Waals surface area contributed by atoms with Crippen LogP contribution in [0.1, 0.15) is 40.1 Å². The highest BCUT2D eigenvalue weighted by molar-refractivity contribution is 9.10. The smallest absolute Gasteiger partial charge is 0.362 e. The Bertz CT molecular complexity index is 1100. The number of anilines is 1. The van der Waals surface area contributed by atoms with Gasteiger partial charge in [0.2, 0.25) is 0 Å². The SMILES string of the molecule is O=C(NCCc1ccccc1)c1nn2c(c1Cl)NC(c1ccc(Br)cc1)CC2C(F)(F)F. The molecule has 0 radical (unpaired) electrons. The summed E-state index contributed by atoms with van der Waals surface area (Å²) >= 11 is 9.67. The summed E-state index contributed by atoms with van der Waals surface area (Å²) in [6.07, 6.45) is -4.25. The van der Waals surface area contributed by atoms with E-state index in [1.165, 1.54) is 0 Å². The zero-order valence-electron chi connectivity index (χ0n) is 16.7. The third-order valence-corrected chi connectivity index (χ3v) is 6.21. The summed E-state index contributed by atoms with van der Waals surface area (Å²) < 4.78 is 43.2. The van der Waals surface area contributed by atoms with E-state index in [1.54, 1.807) is 24.3 Å². The van der Waals surface area contributed by atoms with E-state index >= 15 is 0 Å². The molecule has 2 aromatic carbocycles. The first-order chi connectivity index (χ1) is 15.2. The van der Waals surface area contributed by atoms with Crippen LogP contribution in [0.4, 0.5) is 19.0 Å². The molecule has 10 heteroatoms. The minimum absolute atomic E-state index is 0.0126. The molecule has 2 unspecified atom stereocenters. The van der Waals surface area contributed by atoms with Crippen LogP contribution in [0.15, 0.2) is 59.1 Å². The van der Waals surface area contributed by atoms with Gasteiger partial charge in [0.15, 0.2) is 11.7 Å². The van der Waals surface area contributed by atoms with Crippen molar-refractivity contribution in [2.24, 2.45) is 0 Å². The van der Waals surface area contributed by atoms with Gasteiger partial charge < -0.3 is 10.6 Å². The molecule has 1 aromatic heterocycles. The summed E-state index contributed by atoms with van der Waals surface area (Å²) in [4.78, 5) is 12.6. The molecule has 0 fully saturated rings. The van der Waals surface area contributed by atoms with Crippen molar-refractivity contribution in [3.05, 3.63) is 80.9 Å². The van der Waals surface area contributed by atoms with Gasteiger partial charge in [0.25, 0.3) is 5.91 Å². The summed E-state index contributed by atoms with van der Waals surface area (Å²) in [6.45, 7) is 0.305. The molecule has 1 aliphatic heterocycles. The molecule has 0 saturated carbocycles. The Balaban J connectivity index is 1.57. The van der Waals surface area contributed by atoms with E-state index in [-0.39, 0.29) is 23.0 Å². The Kier molecular flexibility index (Phi) is 6.48. The number of carbonyl (C=O) groups excluding carboxylic acids is 1. The lowest BCUT2D eigenvalue weighted by atomic mass is 9.97. The quantitative estimate of drug-likeness (QED) is 0.432. The van der Waals surface area contributed by atoms with Crippen molar-refractivity contribution in [3.63, 3.8) is 0 Å². The maximum Gasteiger partial charge on any atom is 0.410 e.